The van der Waals surface area contributed by atoms with Crippen molar-refractivity contribution in [3.63, 3.8) is 0 Å². The van der Waals surface area contributed by atoms with Crippen molar-refractivity contribution in [1.29, 1.82) is 0 Å². The standard InChI is InChI=1S/C17H20N4O2/c1-11(21-10-15(7-19-21)17(22)23-2)12-3-4-16(18-6-12)20-8-13-5-14(13)9-20/h3-4,6-7,10-11,13-14H,5,8-9H2,1-2H3. The summed E-state index contributed by atoms with van der Waals surface area (Å²) >= 11 is 0. The van der Waals surface area contributed by atoms with Gasteiger partial charge in [-0.1, -0.05) is 6.07 Å². The molecule has 3 atom stereocenters. The maximum absolute atomic E-state index is 11.5. The molecule has 3 heterocycles. The molecule has 1 aliphatic heterocycles. The summed E-state index contributed by atoms with van der Waals surface area (Å²) in [6.45, 7) is 4.33. The van der Waals surface area contributed by atoms with E-state index < -0.39 is 0 Å². The zero-order valence-electron chi connectivity index (χ0n) is 13.3. The van der Waals surface area contributed by atoms with Crippen molar-refractivity contribution in [2.45, 2.75) is 19.4 Å². The summed E-state index contributed by atoms with van der Waals surface area (Å²) in [6, 6.07) is 4.19. The Labute approximate surface area is 135 Å². The Morgan fingerprint density at radius 1 is 1.30 bits per heavy atom. The summed E-state index contributed by atoms with van der Waals surface area (Å²) in [6.07, 6.45) is 6.54. The third kappa shape index (κ3) is 2.58. The molecule has 0 spiro atoms. The van der Waals surface area contributed by atoms with Gasteiger partial charge in [-0.2, -0.15) is 5.10 Å². The number of nitrogens with zero attached hydrogens (tertiary/aromatic N) is 4. The van der Waals surface area contributed by atoms with Crippen LogP contribution in [0.1, 0.15) is 35.3 Å². The second-order valence-corrected chi connectivity index (χ2v) is 6.49. The van der Waals surface area contributed by atoms with Crippen molar-refractivity contribution in [1.82, 2.24) is 14.8 Å². The maximum atomic E-state index is 11.5. The van der Waals surface area contributed by atoms with E-state index in [4.69, 9.17) is 4.74 Å². The van der Waals surface area contributed by atoms with Gasteiger partial charge in [-0.15, -0.1) is 0 Å². The number of pyridine rings is 1. The molecule has 0 bridgehead atoms. The molecule has 2 aromatic rings. The fourth-order valence-electron chi connectivity index (χ4n) is 3.34. The molecule has 0 N–H and O–H groups in total. The molecule has 0 amide bonds. The zero-order valence-corrected chi connectivity index (χ0v) is 13.3. The first kappa shape index (κ1) is 14.2. The number of anilines is 1. The molecule has 6 heteroatoms. The second kappa shape index (κ2) is 5.37. The van der Waals surface area contributed by atoms with Crippen LogP contribution >= 0.6 is 0 Å². The molecule has 2 aliphatic rings. The summed E-state index contributed by atoms with van der Waals surface area (Å²) in [5.41, 5.74) is 1.53. The molecule has 1 aliphatic carbocycles. The molecule has 120 valence electrons. The number of fused-ring (bicyclic) bond motifs is 1. The highest BCUT2D eigenvalue weighted by Crippen LogP contribution is 2.45. The first-order chi connectivity index (χ1) is 11.2. The maximum Gasteiger partial charge on any atom is 0.341 e. The first-order valence-corrected chi connectivity index (χ1v) is 7.99. The van der Waals surface area contributed by atoms with E-state index in [9.17, 15) is 4.79 Å². The summed E-state index contributed by atoms with van der Waals surface area (Å²) in [5.74, 6) is 2.49. The van der Waals surface area contributed by atoms with Crippen LogP contribution in [0, 0.1) is 11.8 Å². The van der Waals surface area contributed by atoms with Gasteiger partial charge < -0.3 is 9.64 Å². The van der Waals surface area contributed by atoms with Gasteiger partial charge in [0.1, 0.15) is 5.82 Å². The second-order valence-electron chi connectivity index (χ2n) is 6.49. The molecule has 0 aromatic carbocycles. The van der Waals surface area contributed by atoms with E-state index in [0.29, 0.717) is 5.56 Å². The van der Waals surface area contributed by atoms with Crippen LogP contribution in [0.3, 0.4) is 0 Å². The molecule has 1 saturated heterocycles. The van der Waals surface area contributed by atoms with Gasteiger partial charge in [-0.05, 0) is 36.8 Å². The minimum Gasteiger partial charge on any atom is -0.465 e. The topological polar surface area (TPSA) is 60.2 Å². The Balaban J connectivity index is 1.48. The number of piperidine rings is 1. The number of carbonyl (C=O) groups is 1. The Morgan fingerprint density at radius 2 is 2.09 bits per heavy atom. The predicted molar refractivity (Wildman–Crippen MR) is 85.4 cm³/mol. The lowest BCUT2D eigenvalue weighted by Crippen LogP contribution is -2.22. The van der Waals surface area contributed by atoms with Crippen LogP contribution in [0.5, 0.6) is 0 Å². The van der Waals surface area contributed by atoms with Crippen molar-refractivity contribution >= 4 is 11.8 Å². The van der Waals surface area contributed by atoms with Crippen LogP contribution in [0.2, 0.25) is 0 Å². The molecule has 2 aromatic heterocycles. The minimum atomic E-state index is -0.371. The third-order valence-electron chi connectivity index (χ3n) is 4.98. The van der Waals surface area contributed by atoms with E-state index in [-0.39, 0.29) is 12.0 Å². The highest BCUT2D eigenvalue weighted by molar-refractivity contribution is 5.88. The molecule has 3 unspecified atom stereocenters. The van der Waals surface area contributed by atoms with Crippen molar-refractivity contribution < 1.29 is 9.53 Å². The van der Waals surface area contributed by atoms with Crippen LogP contribution in [-0.4, -0.2) is 40.9 Å². The lowest BCUT2D eigenvalue weighted by atomic mass is 10.1. The normalized spacial score (nSPS) is 23.5. The van der Waals surface area contributed by atoms with E-state index in [2.05, 4.69) is 27.1 Å². The van der Waals surface area contributed by atoms with Crippen LogP contribution in [0.15, 0.2) is 30.7 Å². The van der Waals surface area contributed by atoms with E-state index >= 15 is 0 Å². The SMILES string of the molecule is COC(=O)c1cnn(C(C)c2ccc(N3CC4CC4C3)nc2)c1. The number of esters is 1. The summed E-state index contributed by atoms with van der Waals surface area (Å²) in [4.78, 5) is 18.5. The molecule has 4 rings (SSSR count). The number of methoxy groups -OCH3 is 1. The lowest BCUT2D eigenvalue weighted by molar-refractivity contribution is 0.0600. The van der Waals surface area contributed by atoms with Crippen molar-refractivity contribution in [2.75, 3.05) is 25.1 Å². The molecule has 1 saturated carbocycles. The molecular weight excluding hydrogens is 292 g/mol. The number of rotatable bonds is 4. The van der Waals surface area contributed by atoms with Gasteiger partial charge in [0.15, 0.2) is 0 Å². The summed E-state index contributed by atoms with van der Waals surface area (Å²) < 4.78 is 6.47. The highest BCUT2D eigenvalue weighted by Gasteiger charge is 2.45. The first-order valence-electron chi connectivity index (χ1n) is 7.99. The van der Waals surface area contributed by atoms with Gasteiger partial charge in [0.2, 0.25) is 0 Å². The van der Waals surface area contributed by atoms with Gasteiger partial charge in [0.05, 0.1) is 24.9 Å². The van der Waals surface area contributed by atoms with Crippen LogP contribution in [0.25, 0.3) is 0 Å². The van der Waals surface area contributed by atoms with Gasteiger partial charge in [0.25, 0.3) is 0 Å². The molecule has 2 fully saturated rings. The van der Waals surface area contributed by atoms with Crippen molar-refractivity contribution in [3.8, 4) is 0 Å². The summed E-state index contributed by atoms with van der Waals surface area (Å²) in [7, 11) is 1.37. The monoisotopic (exact) mass is 312 g/mol. The summed E-state index contributed by atoms with van der Waals surface area (Å²) in [5, 5.41) is 4.25. The van der Waals surface area contributed by atoms with Crippen LogP contribution in [-0.2, 0) is 4.74 Å². The number of carbonyl (C=O) groups excluding carboxylic acids is 1. The van der Waals surface area contributed by atoms with Gasteiger partial charge in [0, 0.05) is 25.5 Å². The van der Waals surface area contributed by atoms with E-state index in [0.717, 1.165) is 36.3 Å². The van der Waals surface area contributed by atoms with Crippen molar-refractivity contribution in [3.05, 3.63) is 41.9 Å². The van der Waals surface area contributed by atoms with Gasteiger partial charge >= 0.3 is 5.97 Å². The average molecular weight is 312 g/mol. The fraction of sp³-hybridized carbons (Fsp3) is 0.471. The van der Waals surface area contributed by atoms with E-state index in [1.165, 1.54) is 19.7 Å². The fourth-order valence-corrected chi connectivity index (χ4v) is 3.34. The molecule has 6 nitrogen and oxygen atoms in total. The molecule has 23 heavy (non-hydrogen) atoms. The third-order valence-corrected chi connectivity index (χ3v) is 4.98. The highest BCUT2D eigenvalue weighted by atomic mass is 16.5. The van der Waals surface area contributed by atoms with Gasteiger partial charge in [-0.3, -0.25) is 4.68 Å². The quantitative estimate of drug-likeness (QED) is 0.809. The Kier molecular flexibility index (Phi) is 3.32. The molecular formula is C17H20N4O2. The lowest BCUT2D eigenvalue weighted by Gasteiger charge is -2.20. The number of hydrogen-bond acceptors (Lipinski definition) is 5. The molecule has 0 radical (unpaired) electrons. The smallest absolute Gasteiger partial charge is 0.341 e. The minimum absolute atomic E-state index is 0.0157. The predicted octanol–water partition coefficient (Wildman–Crippen LogP) is 2.13. The van der Waals surface area contributed by atoms with E-state index in [1.807, 2.05) is 13.1 Å². The Bertz CT molecular complexity index is 714. The number of aromatic nitrogens is 3. The zero-order chi connectivity index (χ0) is 16.0. The van der Waals surface area contributed by atoms with Crippen molar-refractivity contribution in [2.24, 2.45) is 11.8 Å². The Morgan fingerprint density at radius 3 is 2.74 bits per heavy atom. The van der Waals surface area contributed by atoms with E-state index in [1.54, 1.807) is 10.9 Å². The average Bonchev–Trinajstić information content (AvgIpc) is 3.02. The largest absolute Gasteiger partial charge is 0.465 e. The van der Waals surface area contributed by atoms with Crippen LogP contribution < -0.4 is 4.90 Å². The number of hydrogen-bond donors (Lipinski definition) is 0. The Hall–Kier alpha value is -2.37. The van der Waals surface area contributed by atoms with Gasteiger partial charge in [-0.25, -0.2) is 9.78 Å². The van der Waals surface area contributed by atoms with Crippen LogP contribution in [0.4, 0.5) is 5.82 Å². The number of ether oxygens (including phenoxy) is 1.